The van der Waals surface area contributed by atoms with Crippen molar-refractivity contribution in [1.29, 1.82) is 0 Å². The molecule has 0 radical (unpaired) electrons. The maximum absolute atomic E-state index is 12.9. The Hall–Kier alpha value is -2.36. The Labute approximate surface area is 187 Å². The summed E-state index contributed by atoms with van der Waals surface area (Å²) < 4.78 is 0. The van der Waals surface area contributed by atoms with Gasteiger partial charge in [0.05, 0.1) is 10.6 Å². The highest BCUT2D eigenvalue weighted by Gasteiger charge is 2.23. The van der Waals surface area contributed by atoms with Crippen LogP contribution in [0.4, 0.5) is 5.13 Å². The van der Waals surface area contributed by atoms with Gasteiger partial charge in [-0.15, -0.1) is 21.5 Å². The average molecular weight is 456 g/mol. The van der Waals surface area contributed by atoms with Gasteiger partial charge in [0.1, 0.15) is 21.2 Å². The van der Waals surface area contributed by atoms with Gasteiger partial charge in [-0.25, -0.2) is 9.97 Å². The number of nitrogens with one attached hydrogen (secondary N) is 1. The molecular weight excluding hydrogens is 434 g/mol. The third kappa shape index (κ3) is 4.38. The predicted molar refractivity (Wildman–Crippen MR) is 125 cm³/mol. The molecule has 0 saturated heterocycles. The summed E-state index contributed by atoms with van der Waals surface area (Å²) in [4.78, 5) is 22.8. The van der Waals surface area contributed by atoms with Crippen LogP contribution in [-0.4, -0.2) is 31.3 Å². The number of benzene rings is 1. The minimum Gasteiger partial charge on any atom is -0.300 e. The Morgan fingerprint density at radius 2 is 1.97 bits per heavy atom. The van der Waals surface area contributed by atoms with Crippen molar-refractivity contribution in [3.63, 3.8) is 0 Å². The van der Waals surface area contributed by atoms with Crippen molar-refractivity contribution in [2.75, 3.05) is 5.32 Å². The van der Waals surface area contributed by atoms with Crippen LogP contribution in [0.2, 0.25) is 0 Å². The molecule has 0 bridgehead atoms. The normalized spacial score (nSPS) is 12.4. The molecule has 0 aliphatic carbocycles. The molecule has 1 aromatic carbocycles. The minimum absolute atomic E-state index is 0.0859. The molecule has 0 saturated carbocycles. The zero-order valence-electron chi connectivity index (χ0n) is 16.8. The first-order valence-corrected chi connectivity index (χ1v) is 12.2. The Bertz CT molecular complexity index is 1160. The summed E-state index contributed by atoms with van der Waals surface area (Å²) in [5, 5.41) is 16.3. The van der Waals surface area contributed by atoms with Crippen LogP contribution in [0.15, 0.2) is 47.1 Å². The van der Waals surface area contributed by atoms with E-state index in [1.807, 2.05) is 25.1 Å². The van der Waals surface area contributed by atoms with Gasteiger partial charge in [-0.3, -0.25) is 10.1 Å². The van der Waals surface area contributed by atoms with Gasteiger partial charge < -0.3 is 0 Å². The molecule has 1 unspecified atom stereocenters. The van der Waals surface area contributed by atoms with Crippen molar-refractivity contribution >= 4 is 55.7 Å². The number of rotatable bonds is 7. The van der Waals surface area contributed by atoms with Crippen LogP contribution >= 0.6 is 34.4 Å². The topological polar surface area (TPSA) is 80.7 Å². The van der Waals surface area contributed by atoms with E-state index in [0.717, 1.165) is 31.4 Å². The Balaban J connectivity index is 1.60. The first-order chi connectivity index (χ1) is 14.6. The van der Waals surface area contributed by atoms with E-state index in [-0.39, 0.29) is 17.1 Å². The van der Waals surface area contributed by atoms with Crippen molar-refractivity contribution in [2.45, 2.75) is 43.4 Å². The van der Waals surface area contributed by atoms with Crippen LogP contribution in [0, 0.1) is 0 Å². The molecule has 0 aliphatic heterocycles. The number of thiophene rings is 1. The second-order valence-corrected chi connectivity index (χ2v) is 10.0. The lowest BCUT2D eigenvalue weighted by molar-refractivity contribution is -0.115. The monoisotopic (exact) mass is 455 g/mol. The fourth-order valence-corrected chi connectivity index (χ4v) is 5.69. The van der Waals surface area contributed by atoms with Crippen LogP contribution in [0.3, 0.4) is 0 Å². The number of amides is 1. The number of nitrogens with zero attached hydrogens (tertiary/aromatic N) is 4. The molecule has 1 atom stereocenters. The maximum Gasteiger partial charge on any atom is 0.239 e. The fourth-order valence-electron chi connectivity index (χ4n) is 2.93. The average Bonchev–Trinajstić information content (AvgIpc) is 3.40. The molecule has 4 rings (SSSR count). The smallest absolute Gasteiger partial charge is 0.239 e. The summed E-state index contributed by atoms with van der Waals surface area (Å²) >= 11 is 4.48. The molecule has 154 valence electrons. The number of aromatic nitrogens is 4. The van der Waals surface area contributed by atoms with Crippen LogP contribution in [0.5, 0.6) is 0 Å². The highest BCUT2D eigenvalue weighted by molar-refractivity contribution is 8.00. The minimum atomic E-state index is -0.293. The van der Waals surface area contributed by atoms with Gasteiger partial charge in [0.15, 0.2) is 0 Å². The number of carbonyl (C=O) groups is 1. The second kappa shape index (κ2) is 9.20. The second-order valence-electron chi connectivity index (χ2n) is 6.98. The van der Waals surface area contributed by atoms with E-state index in [0.29, 0.717) is 11.6 Å². The van der Waals surface area contributed by atoms with Gasteiger partial charge in [0.25, 0.3) is 0 Å². The van der Waals surface area contributed by atoms with Crippen LogP contribution in [0.25, 0.3) is 21.3 Å². The van der Waals surface area contributed by atoms with E-state index in [1.165, 1.54) is 23.1 Å². The van der Waals surface area contributed by atoms with Gasteiger partial charge in [-0.2, -0.15) is 0 Å². The van der Waals surface area contributed by atoms with E-state index in [1.54, 1.807) is 17.7 Å². The fraction of sp³-hybridized carbons (Fsp3) is 0.286. The SMILES string of the molecule is CCC(Sc1ncnc2scc(-c3ccccc3)c12)C(=O)Nc1nnc(C(C)C)s1. The summed E-state index contributed by atoms with van der Waals surface area (Å²) in [6, 6.07) is 10.2. The highest BCUT2D eigenvalue weighted by Crippen LogP contribution is 2.39. The third-order valence-electron chi connectivity index (χ3n) is 4.50. The number of hydrogen-bond acceptors (Lipinski definition) is 8. The lowest BCUT2D eigenvalue weighted by atomic mass is 10.1. The summed E-state index contributed by atoms with van der Waals surface area (Å²) in [7, 11) is 0. The van der Waals surface area contributed by atoms with E-state index >= 15 is 0 Å². The van der Waals surface area contributed by atoms with Crippen molar-refractivity contribution in [1.82, 2.24) is 20.2 Å². The van der Waals surface area contributed by atoms with Crippen molar-refractivity contribution in [3.05, 3.63) is 47.0 Å². The number of hydrogen-bond donors (Lipinski definition) is 1. The molecule has 3 heterocycles. The van der Waals surface area contributed by atoms with Crippen molar-refractivity contribution in [2.24, 2.45) is 0 Å². The molecule has 9 heteroatoms. The first-order valence-electron chi connectivity index (χ1n) is 9.65. The first kappa shape index (κ1) is 20.9. The highest BCUT2D eigenvalue weighted by atomic mass is 32.2. The lowest BCUT2D eigenvalue weighted by Gasteiger charge is -2.14. The summed E-state index contributed by atoms with van der Waals surface area (Å²) in [6.07, 6.45) is 2.24. The molecule has 4 aromatic rings. The Morgan fingerprint density at radius 1 is 1.17 bits per heavy atom. The number of thioether (sulfide) groups is 1. The predicted octanol–water partition coefficient (Wildman–Crippen LogP) is 5.84. The van der Waals surface area contributed by atoms with Gasteiger partial charge in [0.2, 0.25) is 11.0 Å². The molecule has 6 nitrogen and oxygen atoms in total. The van der Waals surface area contributed by atoms with Gasteiger partial charge in [-0.05, 0) is 12.0 Å². The van der Waals surface area contributed by atoms with Gasteiger partial charge in [0, 0.05) is 16.9 Å². The number of anilines is 1. The number of fused-ring (bicyclic) bond motifs is 1. The molecule has 1 N–H and O–H groups in total. The van der Waals surface area contributed by atoms with E-state index in [2.05, 4.69) is 56.8 Å². The molecule has 1 amide bonds. The molecule has 0 fully saturated rings. The Morgan fingerprint density at radius 3 is 2.67 bits per heavy atom. The zero-order chi connectivity index (χ0) is 21.1. The molecule has 0 aliphatic rings. The van der Waals surface area contributed by atoms with Crippen molar-refractivity contribution in [3.8, 4) is 11.1 Å². The summed E-state index contributed by atoms with van der Waals surface area (Å²) in [5.74, 6) is 0.200. The van der Waals surface area contributed by atoms with E-state index in [4.69, 9.17) is 0 Å². The molecule has 30 heavy (non-hydrogen) atoms. The van der Waals surface area contributed by atoms with Crippen LogP contribution in [0.1, 0.15) is 38.1 Å². The zero-order valence-corrected chi connectivity index (χ0v) is 19.3. The molecule has 3 aromatic heterocycles. The molecule has 0 spiro atoms. The Kier molecular flexibility index (Phi) is 6.40. The maximum atomic E-state index is 12.9. The van der Waals surface area contributed by atoms with Crippen LogP contribution in [-0.2, 0) is 4.79 Å². The van der Waals surface area contributed by atoms with E-state index in [9.17, 15) is 4.79 Å². The quantitative estimate of drug-likeness (QED) is 0.278. The summed E-state index contributed by atoms with van der Waals surface area (Å²) in [5.41, 5.74) is 2.22. The largest absolute Gasteiger partial charge is 0.300 e. The van der Waals surface area contributed by atoms with Gasteiger partial charge in [-0.1, -0.05) is 74.2 Å². The lowest BCUT2D eigenvalue weighted by Crippen LogP contribution is -2.24. The number of carbonyl (C=O) groups excluding carboxylic acids is 1. The van der Waals surface area contributed by atoms with Crippen LogP contribution < -0.4 is 5.32 Å². The standard InChI is InChI=1S/C21H21N5OS3/c1-4-15(17(27)24-21-26-25-18(30-21)12(2)3)29-20-16-14(13-8-6-5-7-9-13)10-28-19(16)22-11-23-20/h5-12,15H,4H2,1-3H3,(H,24,26,27). The third-order valence-corrected chi connectivity index (χ3v) is 7.89. The van der Waals surface area contributed by atoms with E-state index < -0.39 is 0 Å². The summed E-state index contributed by atoms with van der Waals surface area (Å²) in [6.45, 7) is 6.12. The van der Waals surface area contributed by atoms with Gasteiger partial charge >= 0.3 is 0 Å². The van der Waals surface area contributed by atoms with Crippen molar-refractivity contribution < 1.29 is 4.79 Å². The molecular formula is C21H21N5OS3.